The molecule has 0 radical (unpaired) electrons. The summed E-state index contributed by atoms with van der Waals surface area (Å²) >= 11 is 6.04. The average molecular weight is 360 g/mol. The number of hydrogen-bond donors (Lipinski definition) is 0. The van der Waals surface area contributed by atoms with E-state index in [1.807, 2.05) is 42.5 Å². The van der Waals surface area contributed by atoms with Crippen molar-refractivity contribution in [2.75, 3.05) is 7.11 Å². The van der Waals surface area contributed by atoms with Crippen LogP contribution in [0.25, 0.3) is 33.3 Å². The fourth-order valence-electron chi connectivity index (χ4n) is 3.07. The van der Waals surface area contributed by atoms with Gasteiger partial charge in [-0.1, -0.05) is 53.6 Å². The third kappa shape index (κ3) is 3.16. The Kier molecular flexibility index (Phi) is 4.36. The minimum absolute atomic E-state index is 0.720. The van der Waals surface area contributed by atoms with Gasteiger partial charge in [-0.15, -0.1) is 0 Å². The Bertz CT molecular complexity index is 1070. The second-order valence-electron chi connectivity index (χ2n) is 6.31. The molecule has 0 atom stereocenters. The molecule has 0 saturated heterocycles. The van der Waals surface area contributed by atoms with Crippen LogP contribution in [0.4, 0.5) is 0 Å². The van der Waals surface area contributed by atoms with Gasteiger partial charge in [-0.2, -0.15) is 0 Å². The third-order valence-electron chi connectivity index (χ3n) is 4.52. The van der Waals surface area contributed by atoms with Crippen LogP contribution in [0, 0.1) is 6.92 Å². The number of benzene rings is 3. The molecule has 0 fully saturated rings. The van der Waals surface area contributed by atoms with Gasteiger partial charge in [-0.05, 0) is 54.4 Å². The van der Waals surface area contributed by atoms with Gasteiger partial charge < -0.3 is 4.74 Å². The SMILES string of the molecule is COc1ccc2nc(-c3ccc(Cl)cc3)cc(-c3ccc(C)cc3)c2c1. The minimum atomic E-state index is 0.720. The summed E-state index contributed by atoms with van der Waals surface area (Å²) in [5.74, 6) is 0.826. The number of rotatable bonds is 3. The second kappa shape index (κ2) is 6.81. The van der Waals surface area contributed by atoms with Crippen molar-refractivity contribution < 1.29 is 4.74 Å². The van der Waals surface area contributed by atoms with Crippen molar-refractivity contribution in [1.82, 2.24) is 4.98 Å². The molecule has 0 bridgehead atoms. The van der Waals surface area contributed by atoms with E-state index in [1.54, 1.807) is 7.11 Å². The summed E-state index contributed by atoms with van der Waals surface area (Å²) < 4.78 is 5.42. The largest absolute Gasteiger partial charge is 0.497 e. The van der Waals surface area contributed by atoms with Gasteiger partial charge in [0.2, 0.25) is 0 Å². The van der Waals surface area contributed by atoms with Crippen LogP contribution in [-0.4, -0.2) is 12.1 Å². The summed E-state index contributed by atoms with van der Waals surface area (Å²) in [5, 5.41) is 1.80. The number of hydrogen-bond acceptors (Lipinski definition) is 2. The summed E-state index contributed by atoms with van der Waals surface area (Å²) in [6.45, 7) is 2.09. The maximum atomic E-state index is 6.04. The van der Waals surface area contributed by atoms with E-state index >= 15 is 0 Å². The molecule has 4 rings (SSSR count). The molecule has 0 amide bonds. The highest BCUT2D eigenvalue weighted by Crippen LogP contribution is 2.34. The molecule has 0 unspecified atom stereocenters. The zero-order chi connectivity index (χ0) is 18.1. The highest BCUT2D eigenvalue weighted by atomic mass is 35.5. The van der Waals surface area contributed by atoms with Crippen molar-refractivity contribution >= 4 is 22.5 Å². The lowest BCUT2D eigenvalue weighted by Gasteiger charge is -2.12. The van der Waals surface area contributed by atoms with Crippen LogP contribution < -0.4 is 4.74 Å². The van der Waals surface area contributed by atoms with Crippen molar-refractivity contribution in [1.29, 1.82) is 0 Å². The van der Waals surface area contributed by atoms with Crippen molar-refractivity contribution in [2.45, 2.75) is 6.92 Å². The highest BCUT2D eigenvalue weighted by molar-refractivity contribution is 6.30. The predicted octanol–water partition coefficient (Wildman–Crippen LogP) is 6.54. The Labute approximate surface area is 158 Å². The molecule has 1 aromatic heterocycles. The molecule has 1 heterocycles. The van der Waals surface area contributed by atoms with E-state index in [0.717, 1.165) is 44.1 Å². The maximum Gasteiger partial charge on any atom is 0.119 e. The molecule has 0 aliphatic carbocycles. The van der Waals surface area contributed by atoms with Gasteiger partial charge in [-0.3, -0.25) is 0 Å². The van der Waals surface area contributed by atoms with Crippen LogP contribution in [-0.2, 0) is 0 Å². The molecule has 3 heteroatoms. The lowest BCUT2D eigenvalue weighted by atomic mass is 9.97. The minimum Gasteiger partial charge on any atom is -0.497 e. The normalized spacial score (nSPS) is 10.9. The standard InChI is InChI=1S/C23H18ClNO/c1-15-3-5-16(6-4-15)20-14-23(17-7-9-18(24)10-8-17)25-22-12-11-19(26-2)13-21(20)22/h3-14H,1-2H3. The molecule has 0 saturated carbocycles. The first-order valence-corrected chi connectivity index (χ1v) is 8.83. The number of methoxy groups -OCH3 is 1. The maximum absolute atomic E-state index is 6.04. The Morgan fingerprint density at radius 2 is 1.50 bits per heavy atom. The first-order chi connectivity index (χ1) is 12.6. The fraction of sp³-hybridized carbons (Fsp3) is 0.0870. The van der Waals surface area contributed by atoms with Crippen LogP contribution in [0.15, 0.2) is 72.8 Å². The number of nitrogens with zero attached hydrogens (tertiary/aromatic N) is 1. The lowest BCUT2D eigenvalue weighted by molar-refractivity contribution is 0.415. The summed E-state index contributed by atoms with van der Waals surface area (Å²) in [7, 11) is 1.68. The van der Waals surface area contributed by atoms with E-state index in [0.29, 0.717) is 0 Å². The van der Waals surface area contributed by atoms with E-state index in [4.69, 9.17) is 21.3 Å². The van der Waals surface area contributed by atoms with E-state index in [-0.39, 0.29) is 0 Å². The topological polar surface area (TPSA) is 22.1 Å². The molecule has 0 aliphatic rings. The number of ether oxygens (including phenoxy) is 1. The molecule has 0 N–H and O–H groups in total. The van der Waals surface area contributed by atoms with Crippen molar-refractivity contribution in [3.8, 4) is 28.1 Å². The van der Waals surface area contributed by atoms with Crippen molar-refractivity contribution in [3.63, 3.8) is 0 Å². The number of aryl methyl sites for hydroxylation is 1. The molecule has 4 aromatic rings. The molecule has 26 heavy (non-hydrogen) atoms. The molecule has 128 valence electrons. The summed E-state index contributed by atoms with van der Waals surface area (Å²) in [6, 6.07) is 24.5. The highest BCUT2D eigenvalue weighted by Gasteiger charge is 2.11. The molecule has 2 nitrogen and oxygen atoms in total. The quantitative estimate of drug-likeness (QED) is 0.414. The van der Waals surface area contributed by atoms with Crippen LogP contribution in [0.3, 0.4) is 0 Å². The Morgan fingerprint density at radius 3 is 2.19 bits per heavy atom. The molecule has 0 spiro atoms. The van der Waals surface area contributed by atoms with E-state index in [9.17, 15) is 0 Å². The van der Waals surface area contributed by atoms with Gasteiger partial charge >= 0.3 is 0 Å². The first-order valence-electron chi connectivity index (χ1n) is 8.46. The van der Waals surface area contributed by atoms with Crippen molar-refractivity contribution in [3.05, 3.63) is 83.4 Å². The molecule has 3 aromatic carbocycles. The van der Waals surface area contributed by atoms with Crippen LogP contribution in [0.1, 0.15) is 5.56 Å². The van der Waals surface area contributed by atoms with Crippen LogP contribution in [0.2, 0.25) is 5.02 Å². The third-order valence-corrected chi connectivity index (χ3v) is 4.77. The van der Waals surface area contributed by atoms with E-state index in [2.05, 4.69) is 37.3 Å². The lowest BCUT2D eigenvalue weighted by Crippen LogP contribution is -1.91. The number of aromatic nitrogens is 1. The zero-order valence-electron chi connectivity index (χ0n) is 14.7. The summed E-state index contributed by atoms with van der Waals surface area (Å²) in [6.07, 6.45) is 0. The van der Waals surface area contributed by atoms with Gasteiger partial charge in [0.25, 0.3) is 0 Å². The van der Waals surface area contributed by atoms with Crippen LogP contribution in [0.5, 0.6) is 5.75 Å². The van der Waals surface area contributed by atoms with Gasteiger partial charge in [0.1, 0.15) is 5.75 Å². The van der Waals surface area contributed by atoms with Gasteiger partial charge in [0, 0.05) is 16.0 Å². The van der Waals surface area contributed by atoms with E-state index in [1.165, 1.54) is 5.56 Å². The summed E-state index contributed by atoms with van der Waals surface area (Å²) in [5.41, 5.74) is 6.44. The first kappa shape index (κ1) is 16.6. The number of fused-ring (bicyclic) bond motifs is 1. The van der Waals surface area contributed by atoms with E-state index < -0.39 is 0 Å². The molecular formula is C23H18ClNO. The fourth-order valence-corrected chi connectivity index (χ4v) is 3.20. The zero-order valence-corrected chi connectivity index (χ0v) is 15.4. The Hall–Kier alpha value is -2.84. The van der Waals surface area contributed by atoms with Gasteiger partial charge in [0.15, 0.2) is 0 Å². The second-order valence-corrected chi connectivity index (χ2v) is 6.75. The Balaban J connectivity index is 1.98. The van der Waals surface area contributed by atoms with Gasteiger partial charge in [-0.25, -0.2) is 4.98 Å². The monoisotopic (exact) mass is 359 g/mol. The number of halogens is 1. The molecule has 0 aliphatic heterocycles. The number of pyridine rings is 1. The van der Waals surface area contributed by atoms with Crippen LogP contribution >= 0.6 is 11.6 Å². The average Bonchev–Trinajstić information content (AvgIpc) is 2.68. The van der Waals surface area contributed by atoms with Gasteiger partial charge in [0.05, 0.1) is 18.3 Å². The van der Waals surface area contributed by atoms with Crippen molar-refractivity contribution in [2.24, 2.45) is 0 Å². The molecular weight excluding hydrogens is 342 g/mol. The Morgan fingerprint density at radius 1 is 0.808 bits per heavy atom. The predicted molar refractivity (Wildman–Crippen MR) is 109 cm³/mol. The smallest absolute Gasteiger partial charge is 0.119 e. The summed E-state index contributed by atoms with van der Waals surface area (Å²) in [4.78, 5) is 4.86.